The molecule has 1 saturated heterocycles. The summed E-state index contributed by atoms with van der Waals surface area (Å²) in [4.78, 5) is 74.3. The summed E-state index contributed by atoms with van der Waals surface area (Å²) in [6.07, 6.45) is 6.76. The molecule has 2 aliphatic heterocycles. The van der Waals surface area contributed by atoms with Gasteiger partial charge in [0.1, 0.15) is 35.1 Å². The van der Waals surface area contributed by atoms with Crippen molar-refractivity contribution < 1.29 is 51.7 Å². The van der Waals surface area contributed by atoms with E-state index in [1.165, 1.54) is 12.0 Å². The van der Waals surface area contributed by atoms with Crippen LogP contribution >= 0.6 is 0 Å². The van der Waals surface area contributed by atoms with Crippen molar-refractivity contribution in [1.29, 1.82) is 0 Å². The van der Waals surface area contributed by atoms with E-state index in [2.05, 4.69) is 27.3 Å². The lowest BCUT2D eigenvalue weighted by atomic mass is 9.85. The first-order valence-corrected chi connectivity index (χ1v) is 21.1. The number of carboxylic acids is 1. The zero-order chi connectivity index (χ0) is 41.4. The van der Waals surface area contributed by atoms with Gasteiger partial charge in [-0.2, -0.15) is 0 Å². The van der Waals surface area contributed by atoms with Gasteiger partial charge in [0.2, 0.25) is 27.7 Å². The number of methoxy groups -OCH3 is 1. The number of amides is 4. The van der Waals surface area contributed by atoms with E-state index in [1.807, 2.05) is 19.1 Å². The van der Waals surface area contributed by atoms with Gasteiger partial charge >= 0.3 is 12.1 Å². The zero-order valence-electron chi connectivity index (χ0n) is 33.2. The van der Waals surface area contributed by atoms with E-state index in [0.717, 1.165) is 12.6 Å². The third-order valence-electron chi connectivity index (χ3n) is 11.2. The van der Waals surface area contributed by atoms with Crippen molar-refractivity contribution in [2.75, 3.05) is 13.7 Å². The topological polar surface area (TPSA) is 220 Å². The second-order valence-electron chi connectivity index (χ2n) is 16.8. The Bertz CT molecular complexity index is 2060. The van der Waals surface area contributed by atoms with E-state index in [9.17, 15) is 37.5 Å². The van der Waals surface area contributed by atoms with Crippen LogP contribution in [-0.4, -0.2) is 101 Å². The van der Waals surface area contributed by atoms with E-state index < -0.39 is 80.3 Å². The molecule has 0 unspecified atom stereocenters. The van der Waals surface area contributed by atoms with Gasteiger partial charge in [0.15, 0.2) is 0 Å². The summed E-state index contributed by atoms with van der Waals surface area (Å²) < 4.78 is 45.3. The van der Waals surface area contributed by atoms with Crippen LogP contribution in [0.4, 0.5) is 4.79 Å². The summed E-state index contributed by atoms with van der Waals surface area (Å²) in [5.74, 6) is -3.52. The molecule has 2 aliphatic carbocycles. The van der Waals surface area contributed by atoms with Gasteiger partial charge in [0, 0.05) is 29.3 Å². The molecule has 1 aromatic carbocycles. The number of fused-ring (bicyclic) bond motifs is 3. The highest BCUT2D eigenvalue weighted by Crippen LogP contribution is 2.46. The molecule has 17 heteroatoms. The van der Waals surface area contributed by atoms with Gasteiger partial charge < -0.3 is 34.9 Å². The molecule has 4 aliphatic rings. The van der Waals surface area contributed by atoms with Crippen LogP contribution in [0.3, 0.4) is 0 Å². The smallest absolute Gasteiger partial charge is 0.408 e. The highest BCUT2D eigenvalue weighted by Gasteiger charge is 2.62. The van der Waals surface area contributed by atoms with E-state index in [-0.39, 0.29) is 42.7 Å². The number of pyridine rings is 1. The van der Waals surface area contributed by atoms with Gasteiger partial charge in [-0.05, 0) is 89.3 Å². The quantitative estimate of drug-likeness (QED) is 0.264. The average Bonchev–Trinajstić information content (AvgIpc) is 4.07. The van der Waals surface area contributed by atoms with Crippen molar-refractivity contribution in [3.63, 3.8) is 0 Å². The van der Waals surface area contributed by atoms with Crippen LogP contribution < -0.4 is 24.8 Å². The number of rotatable bonds is 9. The lowest BCUT2D eigenvalue weighted by Gasteiger charge is -2.34. The number of benzene rings is 1. The zero-order valence-corrected chi connectivity index (χ0v) is 34.0. The second-order valence-corrected chi connectivity index (χ2v) is 18.7. The first kappa shape index (κ1) is 41.7. The largest absolute Gasteiger partial charge is 0.497 e. The molecule has 2 saturated carbocycles. The Balaban J connectivity index is 1.38. The lowest BCUT2D eigenvalue weighted by molar-refractivity contribution is -0.142. The van der Waals surface area contributed by atoms with Crippen LogP contribution in [0.1, 0.15) is 96.3 Å². The SMILES string of the molecule is CC[C@@H]1C[C@H](C)CC/C=C\[C@@H]2C[C@@]2(C(=O)NS(=O)(=O)C2CC2)NC(=O)[C@@H]2C[C@@H](Oc3ncc(C(=O)O)c4cc(OC)ccc34)CN2C(=O)[C@H]1NC(=O)OC(C)(C)C. The standard InChI is InChI=1S/C40H53N5O11S/c1-7-23-16-22(2)10-8-9-11-24-19-40(24,37(50)44-57(52,53)27-13-14-27)43-33(46)31-18-26(21-45(31)35(47)32(23)42-38(51)56-39(3,4)5)55-34-28-15-12-25(54-6)17-29(28)30(20-41-34)36(48)49/h9,11-12,15,17,20,22-24,26-27,31-32H,7-8,10,13-14,16,18-19,21H2,1-6H3,(H,42,51)(H,43,46)(H,44,50)(H,48,49)/b11-9-/t22-,23-,24-,26-,31+,32+,40-/m1/s1. The molecule has 4 amide bonds. The fraction of sp³-hybridized carbons (Fsp3) is 0.600. The maximum absolute atomic E-state index is 14.9. The Labute approximate surface area is 332 Å². The van der Waals surface area contributed by atoms with Crippen molar-refractivity contribution >= 4 is 50.6 Å². The summed E-state index contributed by atoms with van der Waals surface area (Å²) in [6, 6.07) is 2.48. The van der Waals surface area contributed by atoms with Gasteiger partial charge in [0.05, 0.1) is 24.5 Å². The molecule has 3 fully saturated rings. The summed E-state index contributed by atoms with van der Waals surface area (Å²) in [6.45, 7) is 9.01. The normalized spacial score (nSPS) is 28.8. The number of carbonyl (C=O) groups excluding carboxylic acids is 4. The van der Waals surface area contributed by atoms with Gasteiger partial charge in [0.25, 0.3) is 5.91 Å². The van der Waals surface area contributed by atoms with Crippen molar-refractivity contribution in [3.05, 3.63) is 42.1 Å². The lowest BCUT2D eigenvalue weighted by Crippen LogP contribution is -2.59. The van der Waals surface area contributed by atoms with Crippen LogP contribution in [-0.2, 0) is 29.1 Å². The summed E-state index contributed by atoms with van der Waals surface area (Å²) in [7, 11) is -2.49. The highest BCUT2D eigenvalue weighted by atomic mass is 32.2. The molecule has 1 aromatic heterocycles. The fourth-order valence-corrected chi connectivity index (χ4v) is 9.26. The van der Waals surface area contributed by atoms with Crippen molar-refractivity contribution in [1.82, 2.24) is 25.2 Å². The van der Waals surface area contributed by atoms with Crippen LogP contribution in [0.5, 0.6) is 11.6 Å². The molecule has 0 radical (unpaired) electrons. The van der Waals surface area contributed by atoms with Gasteiger partial charge in [-0.25, -0.2) is 23.0 Å². The van der Waals surface area contributed by atoms with E-state index in [4.69, 9.17) is 14.2 Å². The molecule has 0 spiro atoms. The monoisotopic (exact) mass is 811 g/mol. The molecule has 3 heterocycles. The number of allylic oxidation sites excluding steroid dienone is 1. The minimum absolute atomic E-state index is 0.0652. The predicted molar refractivity (Wildman–Crippen MR) is 208 cm³/mol. The molecule has 310 valence electrons. The minimum atomic E-state index is -3.94. The Hall–Kier alpha value is -4.93. The Kier molecular flexibility index (Phi) is 11.8. The first-order chi connectivity index (χ1) is 26.9. The highest BCUT2D eigenvalue weighted by molar-refractivity contribution is 7.91. The molecule has 7 atom stereocenters. The number of ether oxygens (including phenoxy) is 3. The van der Waals surface area contributed by atoms with E-state index >= 15 is 0 Å². The summed E-state index contributed by atoms with van der Waals surface area (Å²) >= 11 is 0. The Morgan fingerprint density at radius 1 is 1.11 bits per heavy atom. The van der Waals surface area contributed by atoms with Gasteiger partial charge in [-0.1, -0.05) is 32.4 Å². The maximum atomic E-state index is 14.9. The number of sulfonamides is 1. The Morgan fingerprint density at radius 2 is 1.84 bits per heavy atom. The molecular weight excluding hydrogens is 759 g/mol. The number of hydrogen-bond donors (Lipinski definition) is 4. The molecule has 0 bridgehead atoms. The number of hydrogen-bond acceptors (Lipinski definition) is 11. The fourth-order valence-electron chi connectivity index (χ4n) is 7.89. The van der Waals surface area contributed by atoms with Crippen LogP contribution in [0.2, 0.25) is 0 Å². The molecule has 6 rings (SSSR count). The molecule has 2 aromatic rings. The van der Waals surface area contributed by atoms with Crippen LogP contribution in [0.15, 0.2) is 36.5 Å². The van der Waals surface area contributed by atoms with Crippen molar-refractivity contribution in [2.45, 2.75) is 121 Å². The van der Waals surface area contributed by atoms with Gasteiger partial charge in [-0.15, -0.1) is 0 Å². The first-order valence-electron chi connectivity index (χ1n) is 19.6. The number of nitrogens with one attached hydrogen (secondary N) is 3. The predicted octanol–water partition coefficient (Wildman–Crippen LogP) is 4.07. The number of carboxylic acid groups (broad SMARTS) is 1. The van der Waals surface area contributed by atoms with E-state index in [1.54, 1.807) is 39.0 Å². The second kappa shape index (κ2) is 16.1. The van der Waals surface area contributed by atoms with E-state index in [0.29, 0.717) is 48.6 Å². The number of carbonyl (C=O) groups is 5. The van der Waals surface area contributed by atoms with Gasteiger partial charge in [-0.3, -0.25) is 19.1 Å². The molecule has 4 N–H and O–H groups in total. The molecule has 57 heavy (non-hydrogen) atoms. The van der Waals surface area contributed by atoms with Crippen molar-refractivity contribution in [2.24, 2.45) is 17.8 Å². The van der Waals surface area contributed by atoms with Crippen molar-refractivity contribution in [3.8, 4) is 11.6 Å². The number of aromatic nitrogens is 1. The van der Waals surface area contributed by atoms with Crippen LogP contribution in [0.25, 0.3) is 10.8 Å². The minimum Gasteiger partial charge on any atom is -0.497 e. The number of nitrogens with zero attached hydrogens (tertiary/aromatic N) is 2. The third kappa shape index (κ3) is 9.29. The maximum Gasteiger partial charge on any atom is 0.408 e. The molecular formula is C40H53N5O11S. The summed E-state index contributed by atoms with van der Waals surface area (Å²) in [5.41, 5.74) is -2.51. The number of alkyl carbamates (subject to hydrolysis) is 1. The van der Waals surface area contributed by atoms with Crippen LogP contribution in [0, 0.1) is 17.8 Å². The average molecular weight is 812 g/mol. The Morgan fingerprint density at radius 3 is 2.49 bits per heavy atom. The summed E-state index contributed by atoms with van der Waals surface area (Å²) in [5, 5.41) is 15.6. The molecule has 16 nitrogen and oxygen atoms in total. The third-order valence-corrected chi connectivity index (χ3v) is 13.0. The number of aromatic carboxylic acids is 1.